The minimum absolute atomic E-state index is 0.0440. The van der Waals surface area contributed by atoms with Crippen molar-refractivity contribution >= 4 is 26.2 Å². The van der Waals surface area contributed by atoms with Crippen LogP contribution in [-0.4, -0.2) is 87.3 Å². The summed E-state index contributed by atoms with van der Waals surface area (Å²) in [6.07, 6.45) is 17.1. The summed E-state index contributed by atoms with van der Waals surface area (Å²) in [6, 6.07) is 6.12. The maximum absolute atomic E-state index is 14.1. The van der Waals surface area contributed by atoms with Crippen molar-refractivity contribution in [1.82, 2.24) is 5.32 Å². The number of carboxylic acids is 1. The molecular weight excluding hydrogens is 731 g/mol. The molecule has 1 aliphatic heterocycles. The highest BCUT2D eigenvalue weighted by atomic mass is 28.4. The van der Waals surface area contributed by atoms with E-state index in [9.17, 15) is 24.6 Å². The normalized spacial score (nSPS) is 16.7. The summed E-state index contributed by atoms with van der Waals surface area (Å²) >= 11 is 0. The largest absolute Gasteiger partial charge is 0.494 e. The molecule has 0 saturated carbocycles. The first-order valence-corrected chi connectivity index (χ1v) is 24.1. The molecule has 2 rings (SSSR count). The van der Waals surface area contributed by atoms with Gasteiger partial charge in [-0.3, -0.25) is 4.79 Å². The molecule has 320 valence electrons. The SMILES string of the molecule is CCCCCCCC1(CCCCCCC=CC(C(=O)N[C@@H](Cc2ccc(OCCCC)cc2)C(=O)OC)C(O)(CCO[Si](C)(C)C(C)(C)C)C(=O)O)OCCO1. The number of methoxy groups -OCH3 is 1. The quantitative estimate of drug-likeness (QED) is 0.0310. The van der Waals surface area contributed by atoms with Crippen LogP contribution in [0, 0.1) is 5.92 Å². The van der Waals surface area contributed by atoms with Crippen LogP contribution in [0.4, 0.5) is 0 Å². The molecule has 3 atom stereocenters. The van der Waals surface area contributed by atoms with E-state index in [0.29, 0.717) is 32.0 Å². The number of hydrogen-bond donors (Lipinski definition) is 3. The monoisotopic (exact) mass is 806 g/mol. The average molecular weight is 806 g/mol. The highest BCUT2D eigenvalue weighted by Crippen LogP contribution is 2.37. The van der Waals surface area contributed by atoms with E-state index in [1.807, 2.05) is 37.4 Å². The molecule has 1 aliphatic rings. The maximum atomic E-state index is 14.1. The summed E-state index contributed by atoms with van der Waals surface area (Å²) < 4.78 is 29.2. The summed E-state index contributed by atoms with van der Waals surface area (Å²) in [5.74, 6) is -4.27. The third-order valence-electron chi connectivity index (χ3n) is 11.3. The van der Waals surface area contributed by atoms with Gasteiger partial charge in [-0.2, -0.15) is 0 Å². The number of allylic oxidation sites excluding steroid dienone is 1. The van der Waals surface area contributed by atoms with Gasteiger partial charge in [0.2, 0.25) is 5.91 Å². The van der Waals surface area contributed by atoms with Crippen molar-refractivity contribution in [3.63, 3.8) is 0 Å². The molecule has 0 radical (unpaired) electrons. The van der Waals surface area contributed by atoms with Crippen molar-refractivity contribution in [3.8, 4) is 5.75 Å². The number of unbranched alkanes of at least 4 members (excludes halogenated alkanes) is 9. The number of aliphatic carboxylic acids is 1. The molecule has 1 saturated heterocycles. The average Bonchev–Trinajstić information content (AvgIpc) is 3.62. The molecule has 12 heteroatoms. The standard InChI is InChI=1S/C44H75NO10Si/c1-9-11-13-17-20-27-43(53-32-33-54-43)28-21-18-15-14-16-19-22-37(44(50,41(48)49)29-31-55-56(7,8)42(3,4)5)39(46)45-38(40(47)51-6)34-35-23-25-36(26-24-35)52-30-12-10-2/h19,22-26,37-38,50H,9-18,20-21,27-34H2,1-8H3,(H,45,46)(H,48,49)/t37?,38-,44?/m0/s1. The predicted octanol–water partition coefficient (Wildman–Crippen LogP) is 8.91. The molecule has 0 spiro atoms. The highest BCUT2D eigenvalue weighted by Gasteiger charge is 2.48. The van der Waals surface area contributed by atoms with Crippen molar-refractivity contribution < 1.29 is 48.0 Å². The second kappa shape index (κ2) is 24.9. The fraction of sp³-hybridized carbons (Fsp3) is 0.750. The predicted molar refractivity (Wildman–Crippen MR) is 223 cm³/mol. The Balaban J connectivity index is 2.16. The van der Waals surface area contributed by atoms with Crippen LogP contribution < -0.4 is 10.1 Å². The maximum Gasteiger partial charge on any atom is 0.336 e. The van der Waals surface area contributed by atoms with Crippen LogP contribution in [0.1, 0.15) is 136 Å². The Morgan fingerprint density at radius 1 is 0.893 bits per heavy atom. The van der Waals surface area contributed by atoms with Crippen LogP contribution in [0.25, 0.3) is 0 Å². The first kappa shape index (κ1) is 49.4. The lowest BCUT2D eigenvalue weighted by Gasteiger charge is -2.37. The van der Waals surface area contributed by atoms with Crippen molar-refractivity contribution in [2.45, 2.75) is 173 Å². The van der Waals surface area contributed by atoms with Crippen LogP contribution in [0.3, 0.4) is 0 Å². The topological polar surface area (TPSA) is 150 Å². The van der Waals surface area contributed by atoms with Crippen molar-refractivity contribution in [2.24, 2.45) is 5.92 Å². The van der Waals surface area contributed by atoms with E-state index in [1.54, 1.807) is 6.08 Å². The number of rotatable bonds is 29. The zero-order valence-corrected chi connectivity index (χ0v) is 36.9. The van der Waals surface area contributed by atoms with Gasteiger partial charge >= 0.3 is 11.9 Å². The van der Waals surface area contributed by atoms with Crippen molar-refractivity contribution in [2.75, 3.05) is 33.5 Å². The number of carboxylic acid groups (broad SMARTS) is 1. The molecule has 1 aromatic rings. The van der Waals surface area contributed by atoms with Crippen LogP contribution >= 0.6 is 0 Å². The lowest BCUT2D eigenvalue weighted by Crippen LogP contribution is -2.55. The molecule has 0 aromatic heterocycles. The Bertz CT molecular complexity index is 1320. The first-order valence-electron chi connectivity index (χ1n) is 21.2. The number of carbonyl (C=O) groups is 3. The molecule has 1 fully saturated rings. The Hall–Kier alpha value is -2.77. The fourth-order valence-electron chi connectivity index (χ4n) is 6.58. The van der Waals surface area contributed by atoms with E-state index < -0.39 is 49.5 Å². The first-order chi connectivity index (χ1) is 26.5. The summed E-state index contributed by atoms with van der Waals surface area (Å²) in [5, 5.41) is 24.8. The minimum atomic E-state index is -2.49. The van der Waals surface area contributed by atoms with E-state index in [2.05, 4.69) is 39.9 Å². The summed E-state index contributed by atoms with van der Waals surface area (Å²) in [7, 11) is -1.05. The molecular formula is C44H75NO10Si. The number of amides is 1. The molecule has 1 amide bonds. The number of carbonyl (C=O) groups excluding carboxylic acids is 2. The van der Waals surface area contributed by atoms with Crippen molar-refractivity contribution in [1.29, 1.82) is 0 Å². The van der Waals surface area contributed by atoms with Gasteiger partial charge in [0.05, 0.1) is 32.8 Å². The Morgan fingerprint density at radius 3 is 2.04 bits per heavy atom. The van der Waals surface area contributed by atoms with E-state index in [0.717, 1.165) is 63.4 Å². The molecule has 2 unspecified atom stereocenters. The van der Waals surface area contributed by atoms with E-state index >= 15 is 0 Å². The Labute approximate surface area is 338 Å². The van der Waals surface area contributed by atoms with Gasteiger partial charge < -0.3 is 38.9 Å². The third-order valence-corrected chi connectivity index (χ3v) is 15.9. The number of benzene rings is 1. The van der Waals surface area contributed by atoms with Gasteiger partial charge in [-0.25, -0.2) is 9.59 Å². The van der Waals surface area contributed by atoms with Crippen LogP contribution in [0.2, 0.25) is 18.1 Å². The van der Waals surface area contributed by atoms with E-state index in [4.69, 9.17) is 23.4 Å². The second-order valence-corrected chi connectivity index (χ2v) is 21.7. The van der Waals surface area contributed by atoms with Crippen LogP contribution in [0.15, 0.2) is 36.4 Å². The lowest BCUT2D eigenvalue weighted by molar-refractivity contribution is -0.168. The number of aliphatic hydroxyl groups is 1. The van der Waals surface area contributed by atoms with E-state index in [-0.39, 0.29) is 24.5 Å². The number of hydrogen-bond acceptors (Lipinski definition) is 9. The number of nitrogens with one attached hydrogen (secondary N) is 1. The van der Waals surface area contributed by atoms with Gasteiger partial charge in [-0.1, -0.05) is 104 Å². The summed E-state index contributed by atoms with van der Waals surface area (Å²) in [5.41, 5.74) is -1.75. The Kier molecular flexibility index (Phi) is 21.9. The molecule has 56 heavy (non-hydrogen) atoms. The van der Waals surface area contributed by atoms with E-state index in [1.165, 1.54) is 38.9 Å². The third kappa shape index (κ3) is 16.6. The molecule has 1 heterocycles. The number of esters is 1. The summed E-state index contributed by atoms with van der Waals surface area (Å²) in [4.78, 5) is 39.9. The number of ether oxygens (including phenoxy) is 4. The van der Waals surface area contributed by atoms with Gasteiger partial charge in [0.1, 0.15) is 11.8 Å². The highest BCUT2D eigenvalue weighted by molar-refractivity contribution is 6.74. The van der Waals surface area contributed by atoms with Crippen LogP contribution in [0.5, 0.6) is 5.75 Å². The Morgan fingerprint density at radius 2 is 1.48 bits per heavy atom. The summed E-state index contributed by atoms with van der Waals surface area (Å²) in [6.45, 7) is 16.5. The molecule has 0 aliphatic carbocycles. The van der Waals surface area contributed by atoms with Gasteiger partial charge in [0, 0.05) is 32.3 Å². The van der Waals surface area contributed by atoms with Crippen LogP contribution in [-0.2, 0) is 39.4 Å². The zero-order chi connectivity index (χ0) is 41.7. The molecule has 11 nitrogen and oxygen atoms in total. The van der Waals surface area contributed by atoms with Crippen molar-refractivity contribution in [3.05, 3.63) is 42.0 Å². The lowest BCUT2D eigenvalue weighted by atomic mass is 9.83. The van der Waals surface area contributed by atoms with Gasteiger partial charge in [0.15, 0.2) is 19.7 Å². The van der Waals surface area contributed by atoms with Gasteiger partial charge in [-0.15, -0.1) is 0 Å². The zero-order valence-electron chi connectivity index (χ0n) is 35.9. The smallest absolute Gasteiger partial charge is 0.336 e. The van der Waals surface area contributed by atoms with Gasteiger partial charge in [0.25, 0.3) is 0 Å². The minimum Gasteiger partial charge on any atom is -0.494 e. The fourth-order valence-corrected chi connectivity index (χ4v) is 7.62. The molecule has 0 bridgehead atoms. The molecule has 3 N–H and O–H groups in total. The second-order valence-electron chi connectivity index (χ2n) is 16.9. The molecule has 1 aromatic carbocycles. The van der Waals surface area contributed by atoms with Gasteiger partial charge in [-0.05, 0) is 67.9 Å².